The van der Waals surface area contributed by atoms with E-state index in [1.807, 2.05) is 13.8 Å². The van der Waals surface area contributed by atoms with Gasteiger partial charge in [-0.05, 0) is 31.9 Å². The molecule has 2 rings (SSSR count). The van der Waals surface area contributed by atoms with Crippen molar-refractivity contribution in [1.29, 1.82) is 0 Å². The molecule has 1 aromatic carbocycles. The second-order valence-electron chi connectivity index (χ2n) is 7.34. The maximum atomic E-state index is 13.0. The molecule has 168 valence electrons. The molecule has 30 heavy (non-hydrogen) atoms. The number of hydrogen-bond donors (Lipinski definition) is 1. The first-order chi connectivity index (χ1) is 14.5. The molecule has 0 unspecified atom stereocenters. The molecule has 8 heteroatoms. The number of halogens is 1. The van der Waals surface area contributed by atoms with E-state index in [1.165, 1.54) is 0 Å². The first-order valence-electron chi connectivity index (χ1n) is 10.9. The van der Waals surface area contributed by atoms with Crippen molar-refractivity contribution >= 4 is 23.4 Å². The molecule has 0 atom stereocenters. The Balaban J connectivity index is 1.96. The summed E-state index contributed by atoms with van der Waals surface area (Å²) in [5.74, 6) is 0.922. The van der Waals surface area contributed by atoms with Crippen LogP contribution in [0.3, 0.4) is 0 Å². The van der Waals surface area contributed by atoms with Crippen LogP contribution in [-0.4, -0.2) is 74.1 Å². The molecular weight excluding hydrogens is 406 g/mol. The van der Waals surface area contributed by atoms with Crippen molar-refractivity contribution in [3.8, 4) is 11.5 Å². The molecule has 1 aliphatic heterocycles. The van der Waals surface area contributed by atoms with Crippen molar-refractivity contribution in [3.05, 3.63) is 22.7 Å². The third kappa shape index (κ3) is 7.06. The van der Waals surface area contributed by atoms with Crippen LogP contribution in [0.4, 0.5) is 0 Å². The molecule has 2 amide bonds. The molecule has 1 saturated heterocycles. The SMILES string of the molecule is CCCCNC(=O)CN1CCN(C(=O)c2cc(Cl)c(OCCC)c(OCC)c2)CC1. The predicted octanol–water partition coefficient (Wildman–Crippen LogP) is 3.20. The summed E-state index contributed by atoms with van der Waals surface area (Å²) in [7, 11) is 0. The van der Waals surface area contributed by atoms with Crippen LogP contribution in [0.25, 0.3) is 0 Å². The number of unbranched alkanes of at least 4 members (excludes halogenated alkanes) is 1. The molecule has 0 spiro atoms. The van der Waals surface area contributed by atoms with Crippen molar-refractivity contribution in [1.82, 2.24) is 15.1 Å². The van der Waals surface area contributed by atoms with Gasteiger partial charge in [0.15, 0.2) is 11.5 Å². The van der Waals surface area contributed by atoms with Crippen LogP contribution in [0.15, 0.2) is 12.1 Å². The first kappa shape index (κ1) is 24.3. The van der Waals surface area contributed by atoms with Gasteiger partial charge in [-0.2, -0.15) is 0 Å². The maximum absolute atomic E-state index is 13.0. The maximum Gasteiger partial charge on any atom is 0.254 e. The second-order valence-corrected chi connectivity index (χ2v) is 7.75. The zero-order valence-electron chi connectivity index (χ0n) is 18.3. The highest BCUT2D eigenvalue weighted by Gasteiger charge is 2.25. The van der Waals surface area contributed by atoms with Crippen LogP contribution in [-0.2, 0) is 4.79 Å². The van der Waals surface area contributed by atoms with Crippen LogP contribution in [0, 0.1) is 0 Å². The molecule has 1 fully saturated rings. The predicted molar refractivity (Wildman–Crippen MR) is 119 cm³/mol. The molecule has 1 aliphatic rings. The third-order valence-corrected chi connectivity index (χ3v) is 5.17. The Morgan fingerprint density at radius 2 is 1.80 bits per heavy atom. The number of carbonyl (C=O) groups excluding carboxylic acids is 2. The fourth-order valence-corrected chi connectivity index (χ4v) is 3.52. The van der Waals surface area contributed by atoms with E-state index in [-0.39, 0.29) is 11.8 Å². The fourth-order valence-electron chi connectivity index (χ4n) is 3.25. The minimum atomic E-state index is -0.0908. The van der Waals surface area contributed by atoms with Crippen molar-refractivity contribution in [3.63, 3.8) is 0 Å². The van der Waals surface area contributed by atoms with E-state index in [9.17, 15) is 9.59 Å². The molecule has 1 N–H and O–H groups in total. The lowest BCUT2D eigenvalue weighted by atomic mass is 10.1. The quantitative estimate of drug-likeness (QED) is 0.536. The Hall–Kier alpha value is -1.99. The molecule has 1 aromatic rings. The monoisotopic (exact) mass is 439 g/mol. The molecule has 1 heterocycles. The van der Waals surface area contributed by atoms with Gasteiger partial charge in [0.1, 0.15) is 0 Å². The van der Waals surface area contributed by atoms with Crippen molar-refractivity contribution in [2.24, 2.45) is 0 Å². The number of carbonyl (C=O) groups is 2. The van der Waals surface area contributed by atoms with Gasteiger partial charge in [-0.1, -0.05) is 31.9 Å². The number of benzene rings is 1. The molecular formula is C22H34ClN3O4. The zero-order valence-corrected chi connectivity index (χ0v) is 19.1. The van der Waals surface area contributed by atoms with Gasteiger partial charge in [-0.25, -0.2) is 0 Å². The summed E-state index contributed by atoms with van der Waals surface area (Å²) < 4.78 is 11.4. The highest BCUT2D eigenvalue weighted by atomic mass is 35.5. The molecule has 7 nitrogen and oxygen atoms in total. The van der Waals surface area contributed by atoms with Crippen LogP contribution < -0.4 is 14.8 Å². The number of piperazine rings is 1. The number of rotatable bonds is 11. The Bertz CT molecular complexity index is 706. The largest absolute Gasteiger partial charge is 0.490 e. The summed E-state index contributed by atoms with van der Waals surface area (Å²) in [5, 5.41) is 3.31. The fraction of sp³-hybridized carbons (Fsp3) is 0.636. The molecule has 0 saturated carbocycles. The molecule has 0 bridgehead atoms. The van der Waals surface area contributed by atoms with Crippen LogP contribution in [0.5, 0.6) is 11.5 Å². The Labute approximate surface area is 184 Å². The number of hydrogen-bond acceptors (Lipinski definition) is 5. The van der Waals surface area contributed by atoms with Crippen molar-refractivity contribution in [2.75, 3.05) is 52.5 Å². The standard InChI is InChI=1S/C22H34ClN3O4/c1-4-7-8-24-20(27)16-25-9-11-26(12-10-25)22(28)17-14-18(23)21(30-13-5-2)19(15-17)29-6-3/h14-15H,4-13,16H2,1-3H3,(H,24,27). The van der Waals surface area contributed by atoms with E-state index < -0.39 is 0 Å². The van der Waals surface area contributed by atoms with Crippen LogP contribution in [0.2, 0.25) is 5.02 Å². The van der Waals surface area contributed by atoms with Gasteiger partial charge in [0.25, 0.3) is 5.91 Å². The van der Waals surface area contributed by atoms with Crippen LogP contribution >= 0.6 is 11.6 Å². The van der Waals surface area contributed by atoms with Gasteiger partial charge in [0.05, 0.1) is 24.8 Å². The Morgan fingerprint density at radius 3 is 2.43 bits per heavy atom. The third-order valence-electron chi connectivity index (χ3n) is 4.89. The second kappa shape index (κ2) is 12.6. The molecule has 0 radical (unpaired) electrons. The minimum absolute atomic E-state index is 0.0408. The number of nitrogens with zero attached hydrogens (tertiary/aromatic N) is 2. The Morgan fingerprint density at radius 1 is 1.07 bits per heavy atom. The summed E-state index contributed by atoms with van der Waals surface area (Å²) in [6.07, 6.45) is 2.90. The highest BCUT2D eigenvalue weighted by molar-refractivity contribution is 6.32. The lowest BCUT2D eigenvalue weighted by Crippen LogP contribution is -2.51. The van der Waals surface area contributed by atoms with Gasteiger partial charge in [0, 0.05) is 38.3 Å². The average Bonchev–Trinajstić information content (AvgIpc) is 2.73. The molecule has 0 aromatic heterocycles. The summed E-state index contributed by atoms with van der Waals surface area (Å²) in [4.78, 5) is 28.9. The number of nitrogens with one attached hydrogen (secondary N) is 1. The number of amides is 2. The zero-order chi connectivity index (χ0) is 21.9. The van der Waals surface area contributed by atoms with Crippen molar-refractivity contribution < 1.29 is 19.1 Å². The smallest absolute Gasteiger partial charge is 0.254 e. The van der Waals surface area contributed by atoms with Gasteiger partial charge < -0.3 is 19.7 Å². The molecule has 0 aliphatic carbocycles. The van der Waals surface area contributed by atoms with E-state index in [0.29, 0.717) is 74.6 Å². The topological polar surface area (TPSA) is 71.1 Å². The highest BCUT2D eigenvalue weighted by Crippen LogP contribution is 2.37. The van der Waals surface area contributed by atoms with Gasteiger partial charge >= 0.3 is 0 Å². The number of ether oxygens (including phenoxy) is 2. The van der Waals surface area contributed by atoms with E-state index in [2.05, 4.69) is 17.1 Å². The average molecular weight is 440 g/mol. The van der Waals surface area contributed by atoms with E-state index in [1.54, 1.807) is 17.0 Å². The van der Waals surface area contributed by atoms with E-state index in [4.69, 9.17) is 21.1 Å². The first-order valence-corrected chi connectivity index (χ1v) is 11.2. The van der Waals surface area contributed by atoms with Crippen molar-refractivity contribution in [2.45, 2.75) is 40.0 Å². The summed E-state index contributed by atoms with van der Waals surface area (Å²) in [6.45, 7) is 10.5. The van der Waals surface area contributed by atoms with Gasteiger partial charge in [-0.3, -0.25) is 14.5 Å². The summed E-state index contributed by atoms with van der Waals surface area (Å²) in [5.41, 5.74) is 0.484. The van der Waals surface area contributed by atoms with E-state index in [0.717, 1.165) is 19.3 Å². The Kier molecular flexibility index (Phi) is 10.2. The lowest BCUT2D eigenvalue weighted by molar-refractivity contribution is -0.122. The summed E-state index contributed by atoms with van der Waals surface area (Å²) in [6, 6.07) is 3.35. The van der Waals surface area contributed by atoms with Gasteiger partial charge in [-0.15, -0.1) is 0 Å². The van der Waals surface area contributed by atoms with E-state index >= 15 is 0 Å². The van der Waals surface area contributed by atoms with Crippen LogP contribution in [0.1, 0.15) is 50.4 Å². The lowest BCUT2D eigenvalue weighted by Gasteiger charge is -2.34. The normalized spacial score (nSPS) is 14.5. The van der Waals surface area contributed by atoms with Gasteiger partial charge in [0.2, 0.25) is 5.91 Å². The minimum Gasteiger partial charge on any atom is -0.490 e. The summed E-state index contributed by atoms with van der Waals surface area (Å²) >= 11 is 6.39.